The minimum Gasteiger partial charge on any atom is -0.387 e. The molecule has 1 unspecified atom stereocenters. The lowest BCUT2D eigenvalue weighted by atomic mass is 10.1. The smallest absolute Gasteiger partial charge is 0.387 e. The molecule has 0 radical (unpaired) electrons. The summed E-state index contributed by atoms with van der Waals surface area (Å²) >= 11 is 0. The van der Waals surface area contributed by atoms with Gasteiger partial charge < -0.3 is 10.0 Å². The number of rotatable bonds is 4. The fourth-order valence-corrected chi connectivity index (χ4v) is 2.60. The lowest BCUT2D eigenvalue weighted by Gasteiger charge is -2.35. The molecule has 1 fully saturated rings. The highest BCUT2D eigenvalue weighted by Crippen LogP contribution is 2.21. The minimum absolute atomic E-state index is 0.259. The Kier molecular flexibility index (Phi) is 5.64. The van der Waals surface area contributed by atoms with E-state index in [9.17, 15) is 23.1 Å². The number of piperazine rings is 1. The molecule has 0 aliphatic carbocycles. The summed E-state index contributed by atoms with van der Waals surface area (Å²) in [5.74, 6) is -0.878. The number of alkyl halides is 3. The van der Waals surface area contributed by atoms with Crippen LogP contribution in [0.1, 0.15) is 23.7 Å². The first-order valence-electron chi connectivity index (χ1n) is 7.56. The van der Waals surface area contributed by atoms with Crippen LogP contribution in [0, 0.1) is 6.92 Å². The lowest BCUT2D eigenvalue weighted by Crippen LogP contribution is -2.50. The molecule has 1 amide bonds. The van der Waals surface area contributed by atoms with Crippen LogP contribution in [0.2, 0.25) is 0 Å². The Morgan fingerprint density at radius 2 is 1.74 bits per heavy atom. The summed E-state index contributed by atoms with van der Waals surface area (Å²) in [5, 5.41) is 10.2. The molecule has 23 heavy (non-hydrogen) atoms. The van der Waals surface area contributed by atoms with Crippen LogP contribution < -0.4 is 0 Å². The van der Waals surface area contributed by atoms with Crippen molar-refractivity contribution in [2.45, 2.75) is 25.6 Å². The number of aliphatic hydroxyl groups excluding tert-OH is 1. The first-order chi connectivity index (χ1) is 10.7. The van der Waals surface area contributed by atoms with Gasteiger partial charge in [0.2, 0.25) is 5.91 Å². The first-order valence-corrected chi connectivity index (χ1v) is 7.56. The van der Waals surface area contributed by atoms with Crippen molar-refractivity contribution in [3.05, 3.63) is 35.4 Å². The zero-order valence-corrected chi connectivity index (χ0v) is 13.0. The Morgan fingerprint density at radius 3 is 2.26 bits per heavy atom. The van der Waals surface area contributed by atoms with Crippen molar-refractivity contribution in [1.82, 2.24) is 9.80 Å². The van der Waals surface area contributed by atoms with Gasteiger partial charge in [0, 0.05) is 32.7 Å². The molecule has 1 aromatic rings. The molecular formula is C16H21F3N2O2. The second-order valence-electron chi connectivity index (χ2n) is 5.90. The van der Waals surface area contributed by atoms with E-state index in [2.05, 4.69) is 0 Å². The quantitative estimate of drug-likeness (QED) is 0.920. The maximum absolute atomic E-state index is 12.2. The molecule has 1 aromatic carbocycles. The van der Waals surface area contributed by atoms with Crippen LogP contribution in [0.15, 0.2) is 24.3 Å². The van der Waals surface area contributed by atoms with Gasteiger partial charge in [-0.3, -0.25) is 9.69 Å². The highest BCUT2D eigenvalue weighted by molar-refractivity contribution is 5.76. The zero-order chi connectivity index (χ0) is 17.0. The van der Waals surface area contributed by atoms with Crippen LogP contribution >= 0.6 is 0 Å². The third-order valence-corrected chi connectivity index (χ3v) is 3.97. The van der Waals surface area contributed by atoms with E-state index in [1.807, 2.05) is 36.1 Å². The van der Waals surface area contributed by atoms with Crippen LogP contribution in [0.4, 0.5) is 13.2 Å². The maximum atomic E-state index is 12.2. The molecule has 0 bridgehead atoms. The fourth-order valence-electron chi connectivity index (χ4n) is 2.60. The number of hydrogen-bond donors (Lipinski definition) is 1. The van der Waals surface area contributed by atoms with Gasteiger partial charge in [0.25, 0.3) is 0 Å². The Morgan fingerprint density at radius 1 is 1.17 bits per heavy atom. The Balaban J connectivity index is 1.80. The van der Waals surface area contributed by atoms with Crippen molar-refractivity contribution in [2.75, 3.05) is 32.7 Å². The number of nitrogens with zero attached hydrogens (tertiary/aromatic N) is 2. The third kappa shape index (κ3) is 5.51. The molecule has 1 aliphatic rings. The molecule has 1 N–H and O–H groups in total. The van der Waals surface area contributed by atoms with Crippen molar-refractivity contribution in [1.29, 1.82) is 0 Å². The molecule has 1 aliphatic heterocycles. The topological polar surface area (TPSA) is 43.8 Å². The Labute approximate surface area is 133 Å². The number of aryl methyl sites for hydroxylation is 1. The van der Waals surface area contributed by atoms with Crippen LogP contribution in [-0.2, 0) is 4.79 Å². The van der Waals surface area contributed by atoms with Crippen molar-refractivity contribution in [3.8, 4) is 0 Å². The highest BCUT2D eigenvalue weighted by Gasteiger charge is 2.34. The van der Waals surface area contributed by atoms with Crippen LogP contribution in [-0.4, -0.2) is 59.7 Å². The van der Waals surface area contributed by atoms with Gasteiger partial charge in [-0.2, -0.15) is 13.2 Å². The lowest BCUT2D eigenvalue weighted by molar-refractivity contribution is -0.162. The van der Waals surface area contributed by atoms with E-state index in [-0.39, 0.29) is 13.1 Å². The molecular weight excluding hydrogens is 309 g/mol. The average Bonchev–Trinajstić information content (AvgIpc) is 2.46. The fraction of sp³-hybridized carbons (Fsp3) is 0.562. The summed E-state index contributed by atoms with van der Waals surface area (Å²) in [4.78, 5) is 14.7. The number of hydrogen-bond acceptors (Lipinski definition) is 3. The van der Waals surface area contributed by atoms with E-state index in [4.69, 9.17) is 0 Å². The molecule has 7 heteroatoms. The van der Waals surface area contributed by atoms with Gasteiger partial charge in [-0.1, -0.05) is 29.8 Å². The Hall–Kier alpha value is -1.60. The Bertz CT molecular complexity index is 523. The molecule has 1 atom stereocenters. The molecule has 2 rings (SSSR count). The number of amides is 1. The van der Waals surface area contributed by atoms with Crippen LogP contribution in [0.5, 0.6) is 0 Å². The predicted molar refractivity (Wildman–Crippen MR) is 79.8 cm³/mol. The normalized spacial score (nSPS) is 18.0. The summed E-state index contributed by atoms with van der Waals surface area (Å²) in [5.41, 5.74) is 1.92. The van der Waals surface area contributed by atoms with Gasteiger partial charge in [0.05, 0.1) is 6.10 Å². The van der Waals surface area contributed by atoms with Gasteiger partial charge in [-0.05, 0) is 12.5 Å². The molecule has 0 aromatic heterocycles. The number of halogens is 3. The third-order valence-electron chi connectivity index (χ3n) is 3.97. The number of benzene rings is 1. The summed E-state index contributed by atoms with van der Waals surface area (Å²) in [6.07, 6.45) is -6.51. The van der Waals surface area contributed by atoms with E-state index in [1.54, 1.807) is 0 Å². The van der Waals surface area contributed by atoms with Gasteiger partial charge in [0.15, 0.2) is 0 Å². The van der Waals surface area contributed by atoms with Crippen molar-refractivity contribution < 1.29 is 23.1 Å². The van der Waals surface area contributed by atoms with Crippen molar-refractivity contribution in [2.24, 2.45) is 0 Å². The summed E-state index contributed by atoms with van der Waals surface area (Å²) in [6.45, 7) is 3.82. The van der Waals surface area contributed by atoms with Gasteiger partial charge >= 0.3 is 6.18 Å². The van der Waals surface area contributed by atoms with E-state index in [1.165, 1.54) is 4.90 Å². The molecule has 0 spiro atoms. The summed E-state index contributed by atoms with van der Waals surface area (Å²) in [7, 11) is 0. The molecule has 1 saturated heterocycles. The standard InChI is InChI=1S/C16H21F3N2O2/c1-12-2-4-13(5-3-12)14(22)11-20-6-8-21(9-7-20)15(23)10-16(17,18)19/h2-5,14,22H,6-11H2,1H3. The maximum Gasteiger partial charge on any atom is 0.397 e. The van der Waals surface area contributed by atoms with Gasteiger partial charge in [-0.15, -0.1) is 0 Å². The van der Waals surface area contributed by atoms with Gasteiger partial charge in [0.1, 0.15) is 6.42 Å². The van der Waals surface area contributed by atoms with Crippen LogP contribution in [0.25, 0.3) is 0 Å². The molecule has 4 nitrogen and oxygen atoms in total. The number of carbonyl (C=O) groups is 1. The molecule has 128 valence electrons. The summed E-state index contributed by atoms with van der Waals surface area (Å²) in [6, 6.07) is 7.57. The second-order valence-corrected chi connectivity index (χ2v) is 5.90. The number of carbonyl (C=O) groups excluding carboxylic acids is 1. The molecule has 1 heterocycles. The van der Waals surface area contributed by atoms with E-state index >= 15 is 0 Å². The molecule has 0 saturated carbocycles. The van der Waals surface area contributed by atoms with E-state index < -0.39 is 24.6 Å². The minimum atomic E-state index is -4.46. The number of aliphatic hydroxyl groups is 1. The van der Waals surface area contributed by atoms with Crippen molar-refractivity contribution >= 4 is 5.91 Å². The zero-order valence-electron chi connectivity index (χ0n) is 13.0. The van der Waals surface area contributed by atoms with Crippen LogP contribution in [0.3, 0.4) is 0 Å². The highest BCUT2D eigenvalue weighted by atomic mass is 19.4. The van der Waals surface area contributed by atoms with E-state index in [0.29, 0.717) is 19.6 Å². The number of β-amino-alcohol motifs (C(OH)–C–C–N with tert-alkyl or cyclic N) is 1. The summed E-state index contributed by atoms with van der Waals surface area (Å²) < 4.78 is 36.7. The first kappa shape index (κ1) is 17.7. The van der Waals surface area contributed by atoms with Gasteiger partial charge in [-0.25, -0.2) is 0 Å². The van der Waals surface area contributed by atoms with E-state index in [0.717, 1.165) is 11.1 Å². The SMILES string of the molecule is Cc1ccc(C(O)CN2CCN(C(=O)CC(F)(F)F)CC2)cc1. The predicted octanol–water partition coefficient (Wildman–Crippen LogP) is 2.13. The monoisotopic (exact) mass is 330 g/mol. The van der Waals surface area contributed by atoms with Crippen molar-refractivity contribution in [3.63, 3.8) is 0 Å². The average molecular weight is 330 g/mol. The second kappa shape index (κ2) is 7.31. The largest absolute Gasteiger partial charge is 0.397 e.